The van der Waals surface area contributed by atoms with Crippen molar-refractivity contribution in [2.45, 2.75) is 10.7 Å². The van der Waals surface area contributed by atoms with Gasteiger partial charge in [-0.2, -0.15) is 8.78 Å². The van der Waals surface area contributed by atoms with E-state index in [0.29, 0.717) is 33.6 Å². The standard InChI is InChI=1S/C17H11F3N2O2S/c18-11-3-1-2-10(8-11)14-9-15(24-22-14)16(23)21-12-4-6-13(7-5-12)25-17(19)20/h1-9,17H,(H,21,23). The molecule has 0 radical (unpaired) electrons. The number of carbonyl (C=O) groups excluding carboxylic acids is 1. The molecule has 0 bridgehead atoms. The van der Waals surface area contributed by atoms with Gasteiger partial charge in [-0.1, -0.05) is 29.1 Å². The number of halogens is 3. The van der Waals surface area contributed by atoms with Crippen LogP contribution < -0.4 is 5.32 Å². The molecule has 0 fully saturated rings. The molecule has 0 aliphatic heterocycles. The van der Waals surface area contributed by atoms with Crippen LogP contribution in [-0.2, 0) is 0 Å². The molecule has 8 heteroatoms. The molecule has 0 saturated heterocycles. The summed E-state index contributed by atoms with van der Waals surface area (Å²) in [7, 11) is 0. The molecule has 3 rings (SSSR count). The maximum Gasteiger partial charge on any atom is 0.294 e. The van der Waals surface area contributed by atoms with E-state index in [1.54, 1.807) is 6.07 Å². The zero-order valence-electron chi connectivity index (χ0n) is 12.6. The Bertz CT molecular complexity index is 882. The molecule has 3 aromatic rings. The minimum absolute atomic E-state index is 0.0507. The lowest BCUT2D eigenvalue weighted by atomic mass is 10.1. The molecule has 128 valence electrons. The minimum atomic E-state index is -2.50. The van der Waals surface area contributed by atoms with Gasteiger partial charge in [0.1, 0.15) is 11.5 Å². The van der Waals surface area contributed by atoms with E-state index < -0.39 is 17.5 Å². The first-order valence-electron chi connectivity index (χ1n) is 7.10. The lowest BCUT2D eigenvalue weighted by Gasteiger charge is -2.04. The molecule has 0 saturated carbocycles. The number of aromatic nitrogens is 1. The molecule has 1 aromatic heterocycles. The molecule has 0 aliphatic rings. The summed E-state index contributed by atoms with van der Waals surface area (Å²) in [5.41, 5.74) is 1.23. The fourth-order valence-electron chi connectivity index (χ4n) is 2.08. The highest BCUT2D eigenvalue weighted by Crippen LogP contribution is 2.26. The van der Waals surface area contributed by atoms with Gasteiger partial charge >= 0.3 is 0 Å². The van der Waals surface area contributed by atoms with Crippen LogP contribution in [0.25, 0.3) is 11.3 Å². The van der Waals surface area contributed by atoms with Crippen LogP contribution in [0.4, 0.5) is 18.9 Å². The van der Waals surface area contributed by atoms with E-state index in [-0.39, 0.29) is 5.76 Å². The van der Waals surface area contributed by atoms with Gasteiger partial charge in [-0.15, -0.1) is 0 Å². The van der Waals surface area contributed by atoms with E-state index >= 15 is 0 Å². The number of carbonyl (C=O) groups is 1. The van der Waals surface area contributed by atoms with Gasteiger partial charge in [0.05, 0.1) is 0 Å². The molecule has 1 N–H and O–H groups in total. The summed E-state index contributed by atoms with van der Waals surface area (Å²) in [5.74, 6) is -3.53. The molecule has 0 spiro atoms. The quantitative estimate of drug-likeness (QED) is 0.644. The van der Waals surface area contributed by atoms with Crippen molar-refractivity contribution in [1.29, 1.82) is 0 Å². The second-order valence-electron chi connectivity index (χ2n) is 4.94. The second-order valence-corrected chi connectivity index (χ2v) is 6.01. The Morgan fingerprint density at radius 2 is 1.88 bits per heavy atom. The Hall–Kier alpha value is -2.74. The maximum atomic E-state index is 13.2. The first-order valence-corrected chi connectivity index (χ1v) is 7.98. The van der Waals surface area contributed by atoms with Crippen molar-refractivity contribution < 1.29 is 22.5 Å². The van der Waals surface area contributed by atoms with E-state index in [2.05, 4.69) is 10.5 Å². The molecule has 0 atom stereocenters. The molecule has 2 aromatic carbocycles. The topological polar surface area (TPSA) is 55.1 Å². The Morgan fingerprint density at radius 3 is 2.56 bits per heavy atom. The number of alkyl halides is 2. The molecule has 4 nitrogen and oxygen atoms in total. The van der Waals surface area contributed by atoms with Crippen molar-refractivity contribution in [3.8, 4) is 11.3 Å². The molecular weight excluding hydrogens is 353 g/mol. The van der Waals surface area contributed by atoms with Crippen LogP contribution in [0.1, 0.15) is 10.6 Å². The van der Waals surface area contributed by atoms with Gasteiger partial charge < -0.3 is 9.84 Å². The van der Waals surface area contributed by atoms with Crippen molar-refractivity contribution in [1.82, 2.24) is 5.16 Å². The smallest absolute Gasteiger partial charge is 0.294 e. The average Bonchev–Trinajstić information content (AvgIpc) is 3.06. The summed E-state index contributed by atoms with van der Waals surface area (Å²) in [6.45, 7) is 0. The monoisotopic (exact) mass is 364 g/mol. The third-order valence-electron chi connectivity index (χ3n) is 3.19. The van der Waals surface area contributed by atoms with Crippen LogP contribution in [0, 0.1) is 5.82 Å². The number of benzene rings is 2. The number of thioether (sulfide) groups is 1. The zero-order chi connectivity index (χ0) is 17.8. The van der Waals surface area contributed by atoms with Crippen LogP contribution in [-0.4, -0.2) is 16.8 Å². The average molecular weight is 364 g/mol. The van der Waals surface area contributed by atoms with Gasteiger partial charge in [0.2, 0.25) is 5.76 Å². The molecule has 0 unspecified atom stereocenters. The first kappa shape index (κ1) is 17.1. The summed E-state index contributed by atoms with van der Waals surface area (Å²) < 4.78 is 42.8. The van der Waals surface area contributed by atoms with Crippen molar-refractivity contribution in [3.05, 3.63) is 66.2 Å². The highest BCUT2D eigenvalue weighted by molar-refractivity contribution is 7.99. The van der Waals surface area contributed by atoms with Gasteiger partial charge in [-0.3, -0.25) is 4.79 Å². The van der Waals surface area contributed by atoms with E-state index in [1.807, 2.05) is 0 Å². The SMILES string of the molecule is O=C(Nc1ccc(SC(F)F)cc1)c1cc(-c2cccc(F)c2)no1. The number of rotatable bonds is 5. The first-order chi connectivity index (χ1) is 12.0. The van der Waals surface area contributed by atoms with Crippen molar-refractivity contribution in [2.75, 3.05) is 5.32 Å². The second kappa shape index (κ2) is 7.43. The highest BCUT2D eigenvalue weighted by atomic mass is 32.2. The maximum absolute atomic E-state index is 13.2. The summed E-state index contributed by atoms with van der Waals surface area (Å²) >= 11 is 0.419. The van der Waals surface area contributed by atoms with Crippen LogP contribution in [0.2, 0.25) is 0 Å². The summed E-state index contributed by atoms with van der Waals surface area (Å²) in [4.78, 5) is 12.5. The van der Waals surface area contributed by atoms with Gasteiger partial charge in [-0.05, 0) is 36.4 Å². The Labute approximate surface area is 145 Å². The van der Waals surface area contributed by atoms with E-state index in [1.165, 1.54) is 48.5 Å². The normalized spacial score (nSPS) is 10.9. The fourth-order valence-corrected chi connectivity index (χ4v) is 2.58. The fraction of sp³-hybridized carbons (Fsp3) is 0.0588. The lowest BCUT2D eigenvalue weighted by molar-refractivity contribution is 0.0988. The Balaban J connectivity index is 1.69. The third-order valence-corrected chi connectivity index (χ3v) is 3.91. The predicted octanol–water partition coefficient (Wildman–Crippen LogP) is 5.05. The largest absolute Gasteiger partial charge is 0.350 e. The van der Waals surface area contributed by atoms with Crippen LogP contribution >= 0.6 is 11.8 Å². The number of anilines is 1. The highest BCUT2D eigenvalue weighted by Gasteiger charge is 2.15. The van der Waals surface area contributed by atoms with Crippen LogP contribution in [0.5, 0.6) is 0 Å². The van der Waals surface area contributed by atoms with Crippen LogP contribution in [0.3, 0.4) is 0 Å². The number of nitrogens with one attached hydrogen (secondary N) is 1. The zero-order valence-corrected chi connectivity index (χ0v) is 13.4. The van der Waals surface area contributed by atoms with Gasteiger partial charge in [-0.25, -0.2) is 4.39 Å². The molecule has 1 amide bonds. The number of hydrogen-bond donors (Lipinski definition) is 1. The minimum Gasteiger partial charge on any atom is -0.350 e. The molecule has 1 heterocycles. The van der Waals surface area contributed by atoms with E-state index in [4.69, 9.17) is 4.52 Å². The molecule has 25 heavy (non-hydrogen) atoms. The van der Waals surface area contributed by atoms with E-state index in [0.717, 1.165) is 0 Å². The number of amides is 1. The summed E-state index contributed by atoms with van der Waals surface area (Å²) in [6.07, 6.45) is 0. The van der Waals surface area contributed by atoms with Crippen LogP contribution in [0.15, 0.2) is 64.0 Å². The third kappa shape index (κ3) is 4.42. The molecule has 0 aliphatic carbocycles. The predicted molar refractivity (Wildman–Crippen MR) is 88.2 cm³/mol. The summed E-state index contributed by atoms with van der Waals surface area (Å²) in [6, 6.07) is 13.1. The van der Waals surface area contributed by atoms with Gasteiger partial charge in [0.25, 0.3) is 11.7 Å². The number of nitrogens with zero attached hydrogens (tertiary/aromatic N) is 1. The van der Waals surface area contributed by atoms with Gasteiger partial charge in [0, 0.05) is 22.2 Å². The summed E-state index contributed by atoms with van der Waals surface area (Å²) in [5, 5.41) is 6.32. The Morgan fingerprint density at radius 1 is 1.12 bits per heavy atom. The molecular formula is C17H11F3N2O2S. The Kier molecular flexibility index (Phi) is 5.08. The van der Waals surface area contributed by atoms with Crippen molar-refractivity contribution in [3.63, 3.8) is 0 Å². The lowest BCUT2D eigenvalue weighted by Crippen LogP contribution is -2.10. The van der Waals surface area contributed by atoms with Gasteiger partial charge in [0.15, 0.2) is 0 Å². The number of hydrogen-bond acceptors (Lipinski definition) is 4. The van der Waals surface area contributed by atoms with Crippen molar-refractivity contribution in [2.24, 2.45) is 0 Å². The van der Waals surface area contributed by atoms with E-state index in [9.17, 15) is 18.0 Å². The van der Waals surface area contributed by atoms with Crippen molar-refractivity contribution >= 4 is 23.4 Å².